The zero-order valence-electron chi connectivity index (χ0n) is 14.0. The maximum atomic E-state index is 12.6. The zero-order valence-corrected chi connectivity index (χ0v) is 15.6. The van der Waals surface area contributed by atoms with E-state index in [1.165, 1.54) is 17.8 Å². The molecule has 0 fully saturated rings. The number of hydrogen-bond acceptors (Lipinski definition) is 6. The molecule has 0 saturated carbocycles. The van der Waals surface area contributed by atoms with E-state index in [0.29, 0.717) is 11.4 Å². The first-order valence-electron chi connectivity index (χ1n) is 8.43. The summed E-state index contributed by atoms with van der Waals surface area (Å²) in [7, 11) is 0. The summed E-state index contributed by atoms with van der Waals surface area (Å²) in [6.07, 6.45) is 4.50. The largest absolute Gasteiger partial charge is 0.344 e. The molecule has 0 atom stereocenters. The number of nitrogens with zero attached hydrogens (tertiary/aromatic N) is 4. The quantitative estimate of drug-likeness (QED) is 0.760. The van der Waals surface area contributed by atoms with E-state index in [-0.39, 0.29) is 5.91 Å². The second-order valence-corrected chi connectivity index (χ2v) is 8.04. The lowest BCUT2D eigenvalue weighted by Gasteiger charge is -2.07. The van der Waals surface area contributed by atoms with E-state index >= 15 is 0 Å². The van der Waals surface area contributed by atoms with Crippen molar-refractivity contribution >= 4 is 28.6 Å². The van der Waals surface area contributed by atoms with Crippen molar-refractivity contribution in [3.8, 4) is 9.88 Å². The minimum absolute atomic E-state index is 0.0937. The number of aryl methyl sites for hydroxylation is 2. The molecule has 6 nitrogen and oxygen atoms in total. The molecular weight excluding hydrogens is 354 g/mol. The van der Waals surface area contributed by atoms with Crippen LogP contribution in [-0.4, -0.2) is 25.7 Å². The van der Waals surface area contributed by atoms with Crippen LogP contribution in [0, 0.1) is 6.92 Å². The van der Waals surface area contributed by atoms with Crippen molar-refractivity contribution < 1.29 is 4.79 Å². The molecule has 0 unspecified atom stereocenters. The number of fused-ring (bicyclic) bond motifs is 1. The maximum Gasteiger partial charge on any atom is 0.263 e. The molecule has 0 bridgehead atoms. The lowest BCUT2D eigenvalue weighted by atomic mass is 10.2. The fraction of sp³-hybridized carbons (Fsp3) is 0.412. The fourth-order valence-electron chi connectivity index (χ4n) is 3.03. The van der Waals surface area contributed by atoms with Crippen molar-refractivity contribution in [1.29, 1.82) is 0 Å². The van der Waals surface area contributed by atoms with Gasteiger partial charge in [-0.1, -0.05) is 12.5 Å². The normalized spacial score (nSPS) is 14.1. The first-order chi connectivity index (χ1) is 12.2. The highest BCUT2D eigenvalue weighted by atomic mass is 32.1. The molecule has 1 amide bonds. The van der Waals surface area contributed by atoms with Gasteiger partial charge in [-0.2, -0.15) is 0 Å². The molecule has 0 radical (unpaired) electrons. The molecule has 3 aromatic rings. The van der Waals surface area contributed by atoms with Gasteiger partial charge in [-0.15, -0.1) is 32.9 Å². The van der Waals surface area contributed by atoms with Gasteiger partial charge in [-0.25, -0.2) is 4.98 Å². The van der Waals surface area contributed by atoms with Crippen LogP contribution in [0.15, 0.2) is 17.5 Å². The first-order valence-corrected chi connectivity index (χ1v) is 10.1. The van der Waals surface area contributed by atoms with Gasteiger partial charge in [0, 0.05) is 13.0 Å². The van der Waals surface area contributed by atoms with Gasteiger partial charge in [-0.3, -0.25) is 4.79 Å². The van der Waals surface area contributed by atoms with Gasteiger partial charge in [0.15, 0.2) is 5.82 Å². The van der Waals surface area contributed by atoms with E-state index in [2.05, 4.69) is 25.1 Å². The second-order valence-electron chi connectivity index (χ2n) is 6.09. The predicted molar refractivity (Wildman–Crippen MR) is 98.9 cm³/mol. The maximum absolute atomic E-state index is 12.6. The van der Waals surface area contributed by atoms with Crippen LogP contribution in [0.1, 0.15) is 46.3 Å². The van der Waals surface area contributed by atoms with E-state index in [1.54, 1.807) is 11.3 Å². The van der Waals surface area contributed by atoms with Crippen LogP contribution >= 0.6 is 22.7 Å². The molecule has 8 heteroatoms. The number of amides is 1. The molecule has 130 valence electrons. The van der Waals surface area contributed by atoms with E-state index in [4.69, 9.17) is 0 Å². The third-order valence-corrected chi connectivity index (χ3v) is 6.52. The van der Waals surface area contributed by atoms with Crippen LogP contribution in [0.25, 0.3) is 9.88 Å². The van der Waals surface area contributed by atoms with Crippen LogP contribution < -0.4 is 5.32 Å². The van der Waals surface area contributed by atoms with Crippen LogP contribution in [-0.2, 0) is 19.5 Å². The van der Waals surface area contributed by atoms with Crippen LogP contribution in [0.2, 0.25) is 0 Å². The highest BCUT2D eigenvalue weighted by Crippen LogP contribution is 2.31. The number of thiazole rings is 1. The highest BCUT2D eigenvalue weighted by Gasteiger charge is 2.19. The minimum Gasteiger partial charge on any atom is -0.344 e. The summed E-state index contributed by atoms with van der Waals surface area (Å²) in [6.45, 7) is 3.22. The molecule has 1 N–H and O–H groups in total. The summed E-state index contributed by atoms with van der Waals surface area (Å²) < 4.78 is 2.16. The number of rotatable bonds is 4. The zero-order chi connectivity index (χ0) is 17.2. The summed E-state index contributed by atoms with van der Waals surface area (Å²) in [6, 6.07) is 4.02. The summed E-state index contributed by atoms with van der Waals surface area (Å²) in [5.74, 6) is 1.78. The Kier molecular flexibility index (Phi) is 4.63. The molecular formula is C17H19N5OS2. The molecule has 0 aromatic carbocycles. The molecule has 0 aliphatic carbocycles. The highest BCUT2D eigenvalue weighted by molar-refractivity contribution is 7.22. The lowest BCUT2D eigenvalue weighted by molar-refractivity contribution is 0.0952. The molecule has 4 rings (SSSR count). The Morgan fingerprint density at radius 1 is 1.32 bits per heavy atom. The third-order valence-electron chi connectivity index (χ3n) is 4.33. The molecule has 4 heterocycles. The Hall–Kier alpha value is -2.06. The first kappa shape index (κ1) is 16.4. The molecule has 1 aliphatic heterocycles. The third kappa shape index (κ3) is 3.36. The van der Waals surface area contributed by atoms with Crippen molar-refractivity contribution in [2.24, 2.45) is 0 Å². The SMILES string of the molecule is Cc1nc(-c2cccs2)sc1C(=O)NCc1nnc2n1CCCCC2. The summed E-state index contributed by atoms with van der Waals surface area (Å²) >= 11 is 3.07. The molecule has 1 aliphatic rings. The number of aromatic nitrogens is 4. The van der Waals surface area contributed by atoms with E-state index in [9.17, 15) is 4.79 Å². The van der Waals surface area contributed by atoms with Gasteiger partial charge in [0.25, 0.3) is 5.91 Å². The van der Waals surface area contributed by atoms with E-state index in [0.717, 1.165) is 53.0 Å². The topological polar surface area (TPSA) is 72.7 Å². The smallest absolute Gasteiger partial charge is 0.263 e. The Labute approximate surface area is 153 Å². The van der Waals surface area contributed by atoms with Crippen LogP contribution in [0.3, 0.4) is 0 Å². The average molecular weight is 374 g/mol. The van der Waals surface area contributed by atoms with Gasteiger partial charge in [0.2, 0.25) is 0 Å². The Morgan fingerprint density at radius 3 is 3.08 bits per heavy atom. The van der Waals surface area contributed by atoms with Gasteiger partial charge < -0.3 is 9.88 Å². The minimum atomic E-state index is -0.0937. The number of carbonyl (C=O) groups is 1. The van der Waals surface area contributed by atoms with Crippen LogP contribution in [0.4, 0.5) is 0 Å². The Morgan fingerprint density at radius 2 is 2.24 bits per heavy atom. The summed E-state index contributed by atoms with van der Waals surface area (Å²) in [5, 5.41) is 14.4. The van der Waals surface area contributed by atoms with Crippen molar-refractivity contribution in [3.05, 3.63) is 39.7 Å². The molecule has 25 heavy (non-hydrogen) atoms. The number of nitrogens with one attached hydrogen (secondary N) is 1. The predicted octanol–water partition coefficient (Wildman–Crippen LogP) is 3.43. The van der Waals surface area contributed by atoms with Crippen molar-refractivity contribution in [2.75, 3.05) is 0 Å². The number of carbonyl (C=O) groups excluding carboxylic acids is 1. The van der Waals surface area contributed by atoms with Crippen LogP contribution in [0.5, 0.6) is 0 Å². The van der Waals surface area contributed by atoms with Gasteiger partial charge >= 0.3 is 0 Å². The second kappa shape index (κ2) is 7.05. The Balaban J connectivity index is 1.47. The molecule has 0 spiro atoms. The van der Waals surface area contributed by atoms with Crippen molar-refractivity contribution in [1.82, 2.24) is 25.1 Å². The average Bonchev–Trinajstić information content (AvgIpc) is 3.31. The number of thiophene rings is 1. The summed E-state index contributed by atoms with van der Waals surface area (Å²) in [4.78, 5) is 18.9. The van der Waals surface area contributed by atoms with Gasteiger partial charge in [0.05, 0.1) is 17.1 Å². The van der Waals surface area contributed by atoms with Gasteiger partial charge in [-0.05, 0) is 31.2 Å². The molecule has 3 aromatic heterocycles. The van der Waals surface area contributed by atoms with E-state index < -0.39 is 0 Å². The van der Waals surface area contributed by atoms with Crippen molar-refractivity contribution in [2.45, 2.75) is 45.7 Å². The summed E-state index contributed by atoms with van der Waals surface area (Å²) in [5.41, 5.74) is 0.769. The lowest BCUT2D eigenvalue weighted by Crippen LogP contribution is -2.24. The standard InChI is InChI=1S/C17H19N5OS2/c1-11-15(25-17(19-11)12-6-5-9-24-12)16(23)18-10-14-21-20-13-7-3-2-4-8-22(13)14/h5-6,9H,2-4,7-8,10H2,1H3,(H,18,23). The van der Waals surface area contributed by atoms with Crippen molar-refractivity contribution in [3.63, 3.8) is 0 Å². The van der Waals surface area contributed by atoms with Gasteiger partial charge in [0.1, 0.15) is 15.7 Å². The van der Waals surface area contributed by atoms with E-state index in [1.807, 2.05) is 24.4 Å². The Bertz CT molecular complexity index is 881. The molecule has 0 saturated heterocycles. The number of hydrogen-bond donors (Lipinski definition) is 1. The fourth-order valence-corrected chi connectivity index (χ4v) is 4.81. The monoisotopic (exact) mass is 373 g/mol.